The van der Waals surface area contributed by atoms with E-state index in [9.17, 15) is 0 Å². The highest BCUT2D eigenvalue weighted by atomic mass is 15.2. The minimum absolute atomic E-state index is 0.945. The minimum Gasteiger partial charge on any atom is -0.353 e. The maximum Gasteiger partial charge on any atom is 0.137 e. The van der Waals surface area contributed by atoms with Gasteiger partial charge < -0.3 is 4.98 Å². The maximum atomic E-state index is 4.45. The first-order valence-electron chi connectivity index (χ1n) is 8.15. The predicted molar refractivity (Wildman–Crippen MR) is 101 cm³/mol. The summed E-state index contributed by atoms with van der Waals surface area (Å²) in [4.78, 5) is 15.9. The summed E-state index contributed by atoms with van der Waals surface area (Å²) in [6.45, 7) is 0. The highest BCUT2D eigenvalue weighted by molar-refractivity contribution is 5.96. The molecule has 0 aliphatic heterocycles. The summed E-state index contributed by atoms with van der Waals surface area (Å²) in [7, 11) is 0. The Hall–Kier alpha value is -3.80. The Bertz CT molecular complexity index is 1050. The van der Waals surface area contributed by atoms with Gasteiger partial charge in [0.15, 0.2) is 0 Å². The molecule has 26 heavy (non-hydrogen) atoms. The Morgan fingerprint density at radius 2 is 1.58 bits per heavy atom. The normalized spacial score (nSPS) is 10.3. The summed E-state index contributed by atoms with van der Waals surface area (Å²) in [5.74, 6) is 0. The Labute approximate surface area is 150 Å². The van der Waals surface area contributed by atoms with E-state index in [4.69, 9.17) is 0 Å². The van der Waals surface area contributed by atoms with Crippen molar-refractivity contribution in [3.05, 3.63) is 85.7 Å². The van der Waals surface area contributed by atoms with Crippen LogP contribution in [0.2, 0.25) is 0 Å². The number of fused-ring (bicyclic) bond motifs is 1. The number of hydrogen-bond acceptors (Lipinski definition) is 4. The van der Waals surface area contributed by atoms with E-state index in [1.807, 2.05) is 42.6 Å². The van der Waals surface area contributed by atoms with Gasteiger partial charge in [-0.3, -0.25) is 15.1 Å². The molecule has 0 atom stereocenters. The first-order chi connectivity index (χ1) is 12.9. The second-order valence-electron chi connectivity index (χ2n) is 5.53. The molecule has 6 nitrogen and oxygen atoms in total. The predicted octanol–water partition coefficient (Wildman–Crippen LogP) is 4.10. The Morgan fingerprint density at radius 1 is 0.769 bits per heavy atom. The Balaban J connectivity index is 0.000000292. The average Bonchev–Trinajstić information content (AvgIpc) is 3.42. The number of rotatable bonds is 2. The fourth-order valence-corrected chi connectivity index (χ4v) is 2.72. The summed E-state index contributed by atoms with van der Waals surface area (Å²) < 4.78 is 0. The molecule has 0 fully saturated rings. The smallest absolute Gasteiger partial charge is 0.137 e. The zero-order valence-corrected chi connectivity index (χ0v) is 13.9. The number of H-pyrrole nitrogens is 2. The number of nitrogens with zero attached hydrogens (tertiary/aromatic N) is 4. The van der Waals surface area contributed by atoms with Crippen molar-refractivity contribution < 1.29 is 0 Å². The zero-order valence-electron chi connectivity index (χ0n) is 13.9. The van der Waals surface area contributed by atoms with Crippen molar-refractivity contribution in [3.8, 4) is 22.6 Å². The number of hydrogen-bond donors (Lipinski definition) is 2. The van der Waals surface area contributed by atoms with Gasteiger partial charge in [0.2, 0.25) is 0 Å². The maximum absolute atomic E-state index is 4.45. The first kappa shape index (κ1) is 15.7. The van der Waals surface area contributed by atoms with Gasteiger partial charge in [0.1, 0.15) is 12.7 Å². The zero-order chi connectivity index (χ0) is 17.6. The molecule has 0 saturated heterocycles. The van der Waals surface area contributed by atoms with Gasteiger partial charge in [0.05, 0.1) is 22.6 Å². The molecule has 0 aliphatic carbocycles. The van der Waals surface area contributed by atoms with Crippen molar-refractivity contribution in [1.29, 1.82) is 0 Å². The molecule has 0 amide bonds. The highest BCUT2D eigenvalue weighted by Crippen LogP contribution is 2.30. The average molecular weight is 340 g/mol. The monoisotopic (exact) mass is 340 g/mol. The first-order valence-corrected chi connectivity index (χ1v) is 8.15. The molecule has 0 radical (unpaired) electrons. The molecular weight excluding hydrogens is 324 g/mol. The van der Waals surface area contributed by atoms with E-state index in [2.05, 4.69) is 54.4 Å². The fraction of sp³-hybridized carbons (Fsp3) is 0. The molecule has 4 heterocycles. The van der Waals surface area contributed by atoms with Crippen LogP contribution in [0.1, 0.15) is 0 Å². The number of aromatic nitrogens is 6. The molecule has 0 saturated carbocycles. The molecule has 1 aromatic carbocycles. The van der Waals surface area contributed by atoms with E-state index < -0.39 is 0 Å². The van der Waals surface area contributed by atoms with Gasteiger partial charge in [-0.2, -0.15) is 5.10 Å². The topological polar surface area (TPSA) is 83.1 Å². The van der Waals surface area contributed by atoms with Crippen LogP contribution in [0.4, 0.5) is 0 Å². The lowest BCUT2D eigenvalue weighted by Gasteiger charge is -2.02. The Kier molecular flexibility index (Phi) is 4.47. The van der Waals surface area contributed by atoms with E-state index in [1.165, 1.54) is 18.0 Å². The van der Waals surface area contributed by atoms with Crippen molar-refractivity contribution in [2.45, 2.75) is 0 Å². The van der Waals surface area contributed by atoms with Crippen LogP contribution >= 0.6 is 0 Å². The van der Waals surface area contributed by atoms with Crippen LogP contribution in [0.3, 0.4) is 0 Å². The summed E-state index contributed by atoms with van der Waals surface area (Å²) in [5, 5.41) is 7.15. The van der Waals surface area contributed by atoms with Crippen molar-refractivity contribution in [3.63, 3.8) is 0 Å². The third kappa shape index (κ3) is 3.34. The highest BCUT2D eigenvalue weighted by Gasteiger charge is 2.09. The molecule has 6 heteroatoms. The largest absolute Gasteiger partial charge is 0.353 e. The van der Waals surface area contributed by atoms with Crippen LogP contribution in [0.25, 0.3) is 33.5 Å². The Morgan fingerprint density at radius 3 is 2.19 bits per heavy atom. The van der Waals surface area contributed by atoms with Crippen LogP contribution in [-0.4, -0.2) is 30.1 Å². The molecule has 4 aromatic heterocycles. The number of pyridine rings is 2. The van der Waals surface area contributed by atoms with Crippen LogP contribution < -0.4 is 0 Å². The summed E-state index contributed by atoms with van der Waals surface area (Å²) in [5.41, 5.74) is 5.14. The van der Waals surface area contributed by atoms with Gasteiger partial charge in [0.25, 0.3) is 0 Å². The molecule has 0 unspecified atom stereocenters. The molecule has 5 rings (SSSR count). The fourth-order valence-electron chi connectivity index (χ4n) is 2.72. The van der Waals surface area contributed by atoms with E-state index in [0.29, 0.717) is 0 Å². The SMILES string of the molecule is c1ccc(-c2cc3cccc(-c4ccccn4)c3[nH]2)nc1.c1nc[nH]n1. The summed E-state index contributed by atoms with van der Waals surface area (Å²) >= 11 is 0. The second-order valence-corrected chi connectivity index (χ2v) is 5.53. The quantitative estimate of drug-likeness (QED) is 0.507. The molecule has 2 N–H and O–H groups in total. The van der Waals surface area contributed by atoms with E-state index in [1.54, 1.807) is 6.20 Å². The summed E-state index contributed by atoms with van der Waals surface area (Å²) in [6.07, 6.45) is 6.58. The summed E-state index contributed by atoms with van der Waals surface area (Å²) in [6, 6.07) is 20.3. The molecular formula is C20H16N6. The number of para-hydroxylation sites is 1. The van der Waals surface area contributed by atoms with Gasteiger partial charge in [-0.15, -0.1) is 0 Å². The second kappa shape index (κ2) is 7.40. The standard InChI is InChI=1S/C18H13N3.C2H3N3/c1-3-10-19-15(8-1)14-7-5-6-13-12-17(21-18(13)14)16-9-2-4-11-20-16;1-3-2-5-4-1/h1-12,21H;1-2H,(H,3,4,5). The van der Waals surface area contributed by atoms with Crippen LogP contribution in [-0.2, 0) is 0 Å². The van der Waals surface area contributed by atoms with Crippen LogP contribution in [0.15, 0.2) is 85.7 Å². The van der Waals surface area contributed by atoms with Gasteiger partial charge in [-0.1, -0.05) is 30.3 Å². The lowest BCUT2D eigenvalue weighted by atomic mass is 10.1. The number of nitrogens with one attached hydrogen (secondary N) is 2. The van der Waals surface area contributed by atoms with Gasteiger partial charge in [0, 0.05) is 23.3 Å². The van der Waals surface area contributed by atoms with E-state index >= 15 is 0 Å². The van der Waals surface area contributed by atoms with Gasteiger partial charge in [-0.05, 0) is 30.3 Å². The molecule has 5 aromatic rings. The van der Waals surface area contributed by atoms with E-state index in [-0.39, 0.29) is 0 Å². The third-order valence-electron chi connectivity index (χ3n) is 3.87. The van der Waals surface area contributed by atoms with Crippen molar-refractivity contribution >= 4 is 10.9 Å². The molecule has 0 spiro atoms. The molecule has 126 valence electrons. The number of benzene rings is 1. The third-order valence-corrected chi connectivity index (χ3v) is 3.87. The molecule has 0 bridgehead atoms. The number of aromatic amines is 2. The lowest BCUT2D eigenvalue weighted by Crippen LogP contribution is -1.84. The van der Waals surface area contributed by atoms with E-state index in [0.717, 1.165) is 28.2 Å². The van der Waals surface area contributed by atoms with Crippen molar-refractivity contribution in [1.82, 2.24) is 30.1 Å². The van der Waals surface area contributed by atoms with Gasteiger partial charge in [-0.25, -0.2) is 4.98 Å². The van der Waals surface area contributed by atoms with Crippen molar-refractivity contribution in [2.24, 2.45) is 0 Å². The lowest BCUT2D eigenvalue weighted by molar-refractivity contribution is 1.09. The van der Waals surface area contributed by atoms with Crippen LogP contribution in [0.5, 0.6) is 0 Å². The van der Waals surface area contributed by atoms with Crippen LogP contribution in [0, 0.1) is 0 Å². The van der Waals surface area contributed by atoms with Crippen molar-refractivity contribution in [2.75, 3.05) is 0 Å². The minimum atomic E-state index is 0.945. The molecule has 0 aliphatic rings. The van der Waals surface area contributed by atoms with Gasteiger partial charge >= 0.3 is 0 Å².